The Balaban J connectivity index is 2.84. The molecule has 0 bridgehead atoms. The van der Waals surface area contributed by atoms with Crippen LogP contribution in [-0.2, 0) is 4.74 Å². The molecule has 1 heterocycles. The van der Waals surface area contributed by atoms with Gasteiger partial charge in [0.25, 0.3) is 0 Å². The van der Waals surface area contributed by atoms with Gasteiger partial charge in [0.05, 0.1) is 13.2 Å². The highest BCUT2D eigenvalue weighted by Crippen LogP contribution is 2.27. The molecule has 0 spiro atoms. The maximum Gasteiger partial charge on any atom is 0.189 e. The van der Waals surface area contributed by atoms with Gasteiger partial charge in [0.1, 0.15) is 12.1 Å². The summed E-state index contributed by atoms with van der Waals surface area (Å²) in [4.78, 5) is 4.22. The molecule has 2 N–H and O–H groups in total. The molecule has 4 nitrogen and oxygen atoms in total. The molecule has 0 unspecified atom stereocenters. The minimum absolute atomic E-state index is 0.161. The van der Waals surface area contributed by atoms with Crippen LogP contribution in [0.3, 0.4) is 0 Å². The summed E-state index contributed by atoms with van der Waals surface area (Å²) in [6.45, 7) is 5.86. The lowest BCUT2D eigenvalue weighted by atomic mass is 9.96. The van der Waals surface area contributed by atoms with Crippen molar-refractivity contribution in [1.29, 1.82) is 0 Å². The topological polar surface area (TPSA) is 62.1 Å². The van der Waals surface area contributed by atoms with Crippen LogP contribution < -0.4 is 0 Å². The van der Waals surface area contributed by atoms with Crippen molar-refractivity contribution in [1.82, 2.24) is 0 Å². The van der Waals surface area contributed by atoms with E-state index in [1.54, 1.807) is 0 Å². The van der Waals surface area contributed by atoms with Crippen molar-refractivity contribution >= 4 is 5.90 Å². The smallest absolute Gasteiger partial charge is 0.189 e. The van der Waals surface area contributed by atoms with Crippen LogP contribution >= 0.6 is 0 Å². The molecule has 0 amide bonds. The first kappa shape index (κ1) is 10.5. The molecular formula is C9H17NO3. The van der Waals surface area contributed by atoms with Gasteiger partial charge in [-0.3, -0.25) is 0 Å². The maximum absolute atomic E-state index is 9.05. The van der Waals surface area contributed by atoms with Crippen LogP contribution in [0, 0.1) is 5.41 Å². The number of nitrogens with zero attached hydrogens (tertiary/aromatic N) is 1. The van der Waals surface area contributed by atoms with Crippen molar-refractivity contribution in [3.63, 3.8) is 0 Å². The maximum atomic E-state index is 9.05. The summed E-state index contributed by atoms with van der Waals surface area (Å²) < 4.78 is 5.35. The molecule has 76 valence electrons. The highest BCUT2D eigenvalue weighted by atomic mass is 16.5. The number of ether oxygens (including phenoxy) is 1. The molecule has 0 aromatic rings. The summed E-state index contributed by atoms with van der Waals surface area (Å²) in [5.74, 6) is 0.607. The molecule has 0 atom stereocenters. The summed E-state index contributed by atoms with van der Waals surface area (Å²) in [5.41, 5.74) is -0.977. The molecule has 0 aromatic heterocycles. The van der Waals surface area contributed by atoms with Gasteiger partial charge in [0, 0.05) is 5.41 Å². The van der Waals surface area contributed by atoms with Gasteiger partial charge < -0.3 is 14.9 Å². The monoisotopic (exact) mass is 187 g/mol. The van der Waals surface area contributed by atoms with Gasteiger partial charge >= 0.3 is 0 Å². The Bertz CT molecular complexity index is 213. The lowest BCUT2D eigenvalue weighted by Gasteiger charge is -2.17. The van der Waals surface area contributed by atoms with Gasteiger partial charge in [-0.25, -0.2) is 4.99 Å². The quantitative estimate of drug-likeness (QED) is 0.648. The van der Waals surface area contributed by atoms with E-state index in [2.05, 4.69) is 4.99 Å². The number of aliphatic hydroxyl groups is 2. The molecule has 1 rings (SSSR count). The molecule has 0 saturated carbocycles. The minimum atomic E-state index is -0.817. The Morgan fingerprint density at radius 1 is 1.38 bits per heavy atom. The third-order valence-corrected chi connectivity index (χ3v) is 2.05. The van der Waals surface area contributed by atoms with Gasteiger partial charge in [0.2, 0.25) is 0 Å². The van der Waals surface area contributed by atoms with E-state index in [9.17, 15) is 0 Å². The lowest BCUT2D eigenvalue weighted by molar-refractivity contribution is 0.0960. The van der Waals surface area contributed by atoms with E-state index in [-0.39, 0.29) is 25.2 Å². The first-order valence-electron chi connectivity index (χ1n) is 4.38. The van der Waals surface area contributed by atoms with Crippen LogP contribution in [0.15, 0.2) is 4.99 Å². The minimum Gasteiger partial charge on any atom is -0.478 e. The van der Waals surface area contributed by atoms with Crippen molar-refractivity contribution in [2.24, 2.45) is 10.4 Å². The molecular weight excluding hydrogens is 170 g/mol. The average molecular weight is 187 g/mol. The van der Waals surface area contributed by atoms with Crippen LogP contribution in [-0.4, -0.2) is 41.5 Å². The van der Waals surface area contributed by atoms with E-state index in [0.717, 1.165) is 0 Å². The Labute approximate surface area is 78.3 Å². The molecule has 4 heteroatoms. The second kappa shape index (κ2) is 3.27. The number of aliphatic hydroxyl groups excluding tert-OH is 2. The molecule has 0 aliphatic carbocycles. The van der Waals surface area contributed by atoms with Crippen LogP contribution in [0.2, 0.25) is 0 Å². The summed E-state index contributed by atoms with van der Waals surface area (Å²) in [6.07, 6.45) is 0. The Kier molecular flexibility index (Phi) is 2.63. The van der Waals surface area contributed by atoms with Crippen molar-refractivity contribution in [3.8, 4) is 0 Å². The van der Waals surface area contributed by atoms with E-state index in [0.29, 0.717) is 5.90 Å². The summed E-state index contributed by atoms with van der Waals surface area (Å²) >= 11 is 0. The first-order chi connectivity index (χ1) is 5.93. The Hall–Kier alpha value is -0.610. The van der Waals surface area contributed by atoms with Crippen LogP contribution in [0.4, 0.5) is 0 Å². The molecule has 0 saturated heterocycles. The second-order valence-corrected chi connectivity index (χ2v) is 4.50. The molecule has 13 heavy (non-hydrogen) atoms. The van der Waals surface area contributed by atoms with Crippen LogP contribution in [0.25, 0.3) is 0 Å². The van der Waals surface area contributed by atoms with E-state index in [1.165, 1.54) is 0 Å². The average Bonchev–Trinajstić information content (AvgIpc) is 2.48. The SMILES string of the molecule is CC(C)(C)C1=NC(CO)(CO)CO1. The fourth-order valence-corrected chi connectivity index (χ4v) is 1.08. The Morgan fingerprint density at radius 2 is 1.92 bits per heavy atom. The summed E-state index contributed by atoms with van der Waals surface area (Å²) in [5, 5.41) is 18.1. The number of hydrogen-bond donors (Lipinski definition) is 2. The fraction of sp³-hybridized carbons (Fsp3) is 0.889. The van der Waals surface area contributed by atoms with Crippen molar-refractivity contribution < 1.29 is 14.9 Å². The first-order valence-corrected chi connectivity index (χ1v) is 4.38. The number of hydrogen-bond acceptors (Lipinski definition) is 4. The molecule has 1 aliphatic rings. The van der Waals surface area contributed by atoms with Crippen molar-refractivity contribution in [2.45, 2.75) is 26.3 Å². The predicted molar refractivity (Wildman–Crippen MR) is 49.7 cm³/mol. The van der Waals surface area contributed by atoms with Gasteiger partial charge in [-0.05, 0) is 0 Å². The molecule has 0 radical (unpaired) electrons. The van der Waals surface area contributed by atoms with Crippen LogP contribution in [0.1, 0.15) is 20.8 Å². The second-order valence-electron chi connectivity index (χ2n) is 4.50. The van der Waals surface area contributed by atoms with E-state index in [1.807, 2.05) is 20.8 Å². The molecule has 1 aliphatic heterocycles. The fourth-order valence-electron chi connectivity index (χ4n) is 1.08. The highest BCUT2D eigenvalue weighted by molar-refractivity contribution is 5.83. The van der Waals surface area contributed by atoms with Crippen molar-refractivity contribution in [2.75, 3.05) is 19.8 Å². The lowest BCUT2D eigenvalue weighted by Crippen LogP contribution is -2.37. The zero-order valence-electron chi connectivity index (χ0n) is 8.37. The standard InChI is InChI=1S/C9H17NO3/c1-8(2,3)7-10-9(4-11,5-12)6-13-7/h11-12H,4-6H2,1-3H3. The predicted octanol–water partition coefficient (Wildman–Crippen LogP) is 0.185. The van der Waals surface area contributed by atoms with E-state index in [4.69, 9.17) is 14.9 Å². The third kappa shape index (κ3) is 2.00. The third-order valence-electron chi connectivity index (χ3n) is 2.05. The molecule has 0 aromatic carbocycles. The molecule has 0 fully saturated rings. The normalized spacial score (nSPS) is 21.2. The zero-order chi connectivity index (χ0) is 10.1. The highest BCUT2D eigenvalue weighted by Gasteiger charge is 2.39. The number of rotatable bonds is 2. The summed E-state index contributed by atoms with van der Waals surface area (Å²) in [7, 11) is 0. The van der Waals surface area contributed by atoms with Gasteiger partial charge in [-0.15, -0.1) is 0 Å². The van der Waals surface area contributed by atoms with Gasteiger partial charge in [-0.2, -0.15) is 0 Å². The number of aliphatic imine (C=N–C) groups is 1. The van der Waals surface area contributed by atoms with Crippen molar-refractivity contribution in [3.05, 3.63) is 0 Å². The Morgan fingerprint density at radius 3 is 2.15 bits per heavy atom. The zero-order valence-corrected chi connectivity index (χ0v) is 8.37. The van der Waals surface area contributed by atoms with Gasteiger partial charge in [0.15, 0.2) is 5.90 Å². The summed E-state index contributed by atoms with van der Waals surface area (Å²) in [6, 6.07) is 0. The van der Waals surface area contributed by atoms with Crippen LogP contribution in [0.5, 0.6) is 0 Å². The van der Waals surface area contributed by atoms with Gasteiger partial charge in [-0.1, -0.05) is 20.8 Å². The largest absolute Gasteiger partial charge is 0.478 e. The van der Waals surface area contributed by atoms with E-state index >= 15 is 0 Å². The van der Waals surface area contributed by atoms with E-state index < -0.39 is 5.54 Å².